The largest absolute Gasteiger partial charge is 0.310 e. The highest BCUT2D eigenvalue weighted by Crippen LogP contribution is 2.61. The van der Waals surface area contributed by atoms with Gasteiger partial charge in [0.1, 0.15) is 0 Å². The molecular formula is C71H65N. The van der Waals surface area contributed by atoms with Crippen LogP contribution in [-0.4, -0.2) is 0 Å². The third-order valence-electron chi connectivity index (χ3n) is 17.6. The molecule has 4 aliphatic carbocycles. The van der Waals surface area contributed by atoms with Gasteiger partial charge in [-0.1, -0.05) is 232 Å². The highest BCUT2D eigenvalue weighted by molar-refractivity contribution is 5.93. The van der Waals surface area contributed by atoms with E-state index in [0.717, 1.165) is 11.4 Å². The predicted octanol–water partition coefficient (Wildman–Crippen LogP) is 18.9. The molecule has 0 atom stereocenters. The fraction of sp³-hybridized carbons (Fsp3) is 0.239. The SMILES string of the molecule is CC(C)(C)c1cccc(C2(c3cccc(C(C)(C)C)c3)c3ccccc3-c3ccc(N(c4cccc(-c5cccc6c5C(C)(C)c5ccccc5-6)c4)c4ccc5c(c4)C4(CCCC4)c4ccccc4-5)cc32)c1. The van der Waals surface area contributed by atoms with Crippen LogP contribution in [0.4, 0.5) is 17.1 Å². The van der Waals surface area contributed by atoms with Gasteiger partial charge in [0.25, 0.3) is 0 Å². The Kier molecular flexibility index (Phi) is 9.86. The zero-order valence-corrected chi connectivity index (χ0v) is 43.3. The van der Waals surface area contributed by atoms with Crippen LogP contribution in [-0.2, 0) is 27.1 Å². The Labute approximate surface area is 428 Å². The smallest absolute Gasteiger partial charge is 0.0714 e. The maximum atomic E-state index is 2.59. The molecule has 9 aromatic carbocycles. The Balaban J connectivity index is 1.08. The van der Waals surface area contributed by atoms with Crippen molar-refractivity contribution in [1.82, 2.24) is 0 Å². The lowest BCUT2D eigenvalue weighted by atomic mass is 9.66. The molecule has 0 heterocycles. The zero-order chi connectivity index (χ0) is 49.4. The molecular weight excluding hydrogens is 867 g/mol. The summed E-state index contributed by atoms with van der Waals surface area (Å²) in [6.45, 7) is 18.9. The topological polar surface area (TPSA) is 3.24 Å². The third-order valence-corrected chi connectivity index (χ3v) is 17.6. The van der Waals surface area contributed by atoms with Gasteiger partial charge in [-0.15, -0.1) is 0 Å². The normalized spacial score (nSPS) is 16.2. The minimum Gasteiger partial charge on any atom is -0.310 e. The van der Waals surface area contributed by atoms with Crippen LogP contribution in [0.3, 0.4) is 0 Å². The molecule has 1 saturated carbocycles. The van der Waals surface area contributed by atoms with E-state index in [9.17, 15) is 0 Å². The Bertz CT molecular complexity index is 3590. The second kappa shape index (κ2) is 15.9. The summed E-state index contributed by atoms with van der Waals surface area (Å²) in [5, 5.41) is 0. The average molecular weight is 932 g/mol. The number of nitrogens with zero attached hydrogens (tertiary/aromatic N) is 1. The van der Waals surface area contributed by atoms with Gasteiger partial charge in [0.15, 0.2) is 0 Å². The monoisotopic (exact) mass is 932 g/mol. The number of hydrogen-bond acceptors (Lipinski definition) is 1. The molecule has 1 heteroatoms. The van der Waals surface area contributed by atoms with E-state index in [4.69, 9.17) is 0 Å². The summed E-state index contributed by atoms with van der Waals surface area (Å²) in [4.78, 5) is 2.59. The van der Waals surface area contributed by atoms with Crippen molar-refractivity contribution in [2.75, 3.05) is 4.90 Å². The Morgan fingerprint density at radius 2 is 0.819 bits per heavy atom. The number of hydrogen-bond donors (Lipinski definition) is 0. The number of benzene rings is 9. The summed E-state index contributed by atoms with van der Waals surface area (Å²) in [6, 6.07) is 77.8. The van der Waals surface area contributed by atoms with Crippen LogP contribution in [0, 0.1) is 0 Å². The molecule has 13 rings (SSSR count). The van der Waals surface area contributed by atoms with Crippen LogP contribution < -0.4 is 4.90 Å². The zero-order valence-electron chi connectivity index (χ0n) is 43.3. The van der Waals surface area contributed by atoms with E-state index in [1.165, 1.54) is 132 Å². The first kappa shape index (κ1) is 44.7. The first-order chi connectivity index (χ1) is 34.7. The molecule has 1 nitrogen and oxygen atoms in total. The van der Waals surface area contributed by atoms with Crippen molar-refractivity contribution in [1.29, 1.82) is 0 Å². The van der Waals surface area contributed by atoms with E-state index in [2.05, 4.69) is 260 Å². The summed E-state index contributed by atoms with van der Waals surface area (Å²) in [6.07, 6.45) is 4.89. The highest BCUT2D eigenvalue weighted by Gasteiger charge is 2.48. The molecule has 4 aliphatic rings. The maximum Gasteiger partial charge on any atom is 0.0714 e. The van der Waals surface area contributed by atoms with Gasteiger partial charge in [-0.05, 0) is 160 Å². The van der Waals surface area contributed by atoms with E-state index >= 15 is 0 Å². The van der Waals surface area contributed by atoms with Crippen molar-refractivity contribution in [2.45, 2.75) is 108 Å². The van der Waals surface area contributed by atoms with E-state index in [-0.39, 0.29) is 21.7 Å². The van der Waals surface area contributed by atoms with E-state index in [0.29, 0.717) is 0 Å². The van der Waals surface area contributed by atoms with Gasteiger partial charge >= 0.3 is 0 Å². The van der Waals surface area contributed by atoms with Crippen molar-refractivity contribution in [2.24, 2.45) is 0 Å². The Morgan fingerprint density at radius 3 is 1.44 bits per heavy atom. The molecule has 0 N–H and O–H groups in total. The van der Waals surface area contributed by atoms with Gasteiger partial charge in [0, 0.05) is 27.9 Å². The molecule has 354 valence electrons. The molecule has 0 amide bonds. The minimum absolute atomic E-state index is 0.0319. The lowest BCUT2D eigenvalue weighted by Gasteiger charge is -2.37. The summed E-state index contributed by atoms with van der Waals surface area (Å²) in [5.41, 5.74) is 27.1. The first-order valence-corrected chi connectivity index (χ1v) is 26.5. The summed E-state index contributed by atoms with van der Waals surface area (Å²) < 4.78 is 0. The van der Waals surface area contributed by atoms with Gasteiger partial charge in [0.2, 0.25) is 0 Å². The molecule has 72 heavy (non-hydrogen) atoms. The molecule has 9 aromatic rings. The van der Waals surface area contributed by atoms with Crippen molar-refractivity contribution >= 4 is 17.1 Å². The van der Waals surface area contributed by atoms with Gasteiger partial charge < -0.3 is 4.90 Å². The van der Waals surface area contributed by atoms with E-state index in [1.807, 2.05) is 0 Å². The van der Waals surface area contributed by atoms with Crippen LogP contribution >= 0.6 is 0 Å². The summed E-state index contributed by atoms with van der Waals surface area (Å²) in [5.74, 6) is 0. The minimum atomic E-state index is -0.587. The van der Waals surface area contributed by atoms with Crippen LogP contribution in [0.1, 0.15) is 137 Å². The van der Waals surface area contributed by atoms with Crippen LogP contribution in [0.25, 0.3) is 44.5 Å². The van der Waals surface area contributed by atoms with Crippen molar-refractivity contribution in [3.05, 3.63) is 256 Å². The fourth-order valence-corrected chi connectivity index (χ4v) is 14.1. The number of anilines is 3. The molecule has 0 saturated heterocycles. The molecule has 1 spiro atoms. The molecule has 1 fully saturated rings. The van der Waals surface area contributed by atoms with E-state index in [1.54, 1.807) is 0 Å². The number of fused-ring (bicyclic) bond motifs is 11. The Hall–Kier alpha value is -7.22. The predicted molar refractivity (Wildman–Crippen MR) is 304 cm³/mol. The van der Waals surface area contributed by atoms with Crippen LogP contribution in [0.5, 0.6) is 0 Å². The lowest BCUT2D eigenvalue weighted by Crippen LogP contribution is -2.30. The fourth-order valence-electron chi connectivity index (χ4n) is 14.1. The summed E-state index contributed by atoms with van der Waals surface area (Å²) >= 11 is 0. The van der Waals surface area contributed by atoms with Gasteiger partial charge in [-0.3, -0.25) is 0 Å². The lowest BCUT2D eigenvalue weighted by molar-refractivity contribution is 0.550. The highest BCUT2D eigenvalue weighted by atomic mass is 15.1. The second-order valence-corrected chi connectivity index (χ2v) is 24.0. The van der Waals surface area contributed by atoms with Crippen LogP contribution in [0.15, 0.2) is 200 Å². The quantitative estimate of drug-likeness (QED) is 0.161. The first-order valence-electron chi connectivity index (χ1n) is 26.5. The van der Waals surface area contributed by atoms with Crippen molar-refractivity contribution in [3.63, 3.8) is 0 Å². The van der Waals surface area contributed by atoms with Crippen molar-refractivity contribution in [3.8, 4) is 44.5 Å². The third kappa shape index (κ3) is 6.45. The van der Waals surface area contributed by atoms with Crippen molar-refractivity contribution < 1.29 is 0 Å². The van der Waals surface area contributed by atoms with E-state index < -0.39 is 5.41 Å². The molecule has 0 aliphatic heterocycles. The molecule has 0 aromatic heterocycles. The molecule has 0 unspecified atom stereocenters. The maximum absolute atomic E-state index is 2.59. The Morgan fingerprint density at radius 1 is 0.361 bits per heavy atom. The summed E-state index contributed by atoms with van der Waals surface area (Å²) in [7, 11) is 0. The van der Waals surface area contributed by atoms with Gasteiger partial charge in [-0.2, -0.15) is 0 Å². The average Bonchev–Trinajstić information content (AvgIpc) is 4.13. The molecule has 0 radical (unpaired) electrons. The van der Waals surface area contributed by atoms with Crippen LogP contribution in [0.2, 0.25) is 0 Å². The number of rotatable bonds is 6. The second-order valence-electron chi connectivity index (χ2n) is 24.0. The standard InChI is InChI=1S/C71H65N/c1-67(2,3)47-22-18-24-49(42-47)71(50-25-19-23-48(43-50)68(4,5)6)63-34-14-11-28-56(63)59-38-36-53(45-65(59)71)72(52-35-37-58-55-27-10-13-33-62(55)70(64(58)44-52)39-15-16-40-70)51-26-17-21-46(41-51)54-30-20-31-60-57-29-9-12-32-61(57)69(7,8)66(54)60/h9-14,17-38,41-45H,15-16,39-40H2,1-8H3. The molecule has 0 bridgehead atoms. The van der Waals surface area contributed by atoms with Gasteiger partial charge in [0.05, 0.1) is 5.41 Å². The van der Waals surface area contributed by atoms with Gasteiger partial charge in [-0.25, -0.2) is 0 Å².